The van der Waals surface area contributed by atoms with Crippen molar-refractivity contribution in [3.8, 4) is 0 Å². The number of hydrogen-bond acceptors (Lipinski definition) is 3. The van der Waals surface area contributed by atoms with Gasteiger partial charge in [-0.2, -0.15) is 0 Å². The lowest BCUT2D eigenvalue weighted by atomic mass is 10.2. The Morgan fingerprint density at radius 3 is 3.10 bits per heavy atom. The molecule has 0 radical (unpaired) electrons. The molecule has 2 aromatic rings. The Kier molecular flexibility index (Phi) is 2.93. The predicted octanol–water partition coefficient (Wildman–Crippen LogP) is 1.12. The van der Waals surface area contributed by atoms with Crippen LogP contribution in [0.1, 0.15) is 29.4 Å². The molecule has 0 aromatic carbocycles. The van der Waals surface area contributed by atoms with Crippen molar-refractivity contribution >= 4 is 11.6 Å². The smallest absolute Gasteiger partial charge is 0.285 e. The number of aromatic amines is 1. The minimum atomic E-state index is -0.352. The van der Waals surface area contributed by atoms with Crippen molar-refractivity contribution in [2.75, 3.05) is 6.54 Å². The highest BCUT2D eigenvalue weighted by Crippen LogP contribution is 2.15. The fourth-order valence-electron chi connectivity index (χ4n) is 2.54. The summed E-state index contributed by atoms with van der Waals surface area (Å²) in [6, 6.07) is 1.83. The minimum Gasteiger partial charge on any atom is -0.328 e. The van der Waals surface area contributed by atoms with E-state index >= 15 is 0 Å². The summed E-state index contributed by atoms with van der Waals surface area (Å²) >= 11 is 0. The second-order valence-corrected chi connectivity index (χ2v) is 4.97. The molecule has 0 saturated carbocycles. The maximum atomic E-state index is 12.5. The van der Waals surface area contributed by atoms with Gasteiger partial charge in [-0.1, -0.05) is 19.1 Å². The summed E-state index contributed by atoms with van der Waals surface area (Å²) in [6.45, 7) is 4.40. The zero-order valence-corrected chi connectivity index (χ0v) is 11.5. The van der Waals surface area contributed by atoms with Gasteiger partial charge in [0.05, 0.1) is 6.04 Å². The summed E-state index contributed by atoms with van der Waals surface area (Å²) in [5.74, 6) is -0.263. The van der Waals surface area contributed by atoms with Crippen molar-refractivity contribution in [3.05, 3.63) is 46.0 Å². The first kappa shape index (κ1) is 12.7. The van der Waals surface area contributed by atoms with Crippen molar-refractivity contribution in [1.82, 2.24) is 19.5 Å². The molecule has 1 N–H and O–H groups in total. The van der Waals surface area contributed by atoms with Crippen molar-refractivity contribution < 1.29 is 4.79 Å². The molecule has 1 amide bonds. The van der Waals surface area contributed by atoms with Crippen molar-refractivity contribution in [1.29, 1.82) is 0 Å². The van der Waals surface area contributed by atoms with Crippen molar-refractivity contribution in [2.45, 2.75) is 26.3 Å². The maximum absolute atomic E-state index is 12.5. The number of fused-ring (bicyclic) bond motifs is 1. The van der Waals surface area contributed by atoms with Gasteiger partial charge in [0.2, 0.25) is 0 Å². The van der Waals surface area contributed by atoms with E-state index in [1.165, 1.54) is 10.7 Å². The Hall–Kier alpha value is -2.37. The Morgan fingerprint density at radius 2 is 2.35 bits per heavy atom. The molecule has 6 nitrogen and oxygen atoms in total. The molecule has 0 spiro atoms. The van der Waals surface area contributed by atoms with Gasteiger partial charge in [-0.25, -0.2) is 9.50 Å². The Labute approximate surface area is 115 Å². The quantitative estimate of drug-likeness (QED) is 0.833. The van der Waals surface area contributed by atoms with E-state index in [9.17, 15) is 9.59 Å². The number of hydrogen-bond donors (Lipinski definition) is 1. The van der Waals surface area contributed by atoms with Crippen LogP contribution in [0.15, 0.2) is 29.2 Å². The van der Waals surface area contributed by atoms with Gasteiger partial charge in [-0.3, -0.25) is 14.7 Å². The molecule has 20 heavy (non-hydrogen) atoms. The fourth-order valence-corrected chi connectivity index (χ4v) is 2.54. The number of H-pyrrole nitrogens is 1. The predicted molar refractivity (Wildman–Crippen MR) is 74.8 cm³/mol. The number of aryl methyl sites for hydroxylation is 1. The molecule has 1 aliphatic heterocycles. The SMILES string of the molecule is CC[C@@H]1C=CCN1C(=O)c1cnc2cc(C)[nH]n2c1=O. The van der Waals surface area contributed by atoms with Crippen LogP contribution in [0.2, 0.25) is 0 Å². The molecular weight excluding hydrogens is 256 g/mol. The number of rotatable bonds is 2. The number of nitrogens with zero attached hydrogens (tertiary/aromatic N) is 3. The van der Waals surface area contributed by atoms with E-state index in [1.54, 1.807) is 11.0 Å². The first-order valence-corrected chi connectivity index (χ1v) is 6.67. The summed E-state index contributed by atoms with van der Waals surface area (Å²) in [7, 11) is 0. The molecular formula is C14H16N4O2. The molecule has 3 heterocycles. The number of carbonyl (C=O) groups excluding carboxylic acids is 1. The third-order valence-corrected chi connectivity index (χ3v) is 3.59. The monoisotopic (exact) mass is 272 g/mol. The summed E-state index contributed by atoms with van der Waals surface area (Å²) in [5, 5.41) is 2.89. The van der Waals surface area contributed by atoms with Crippen LogP contribution in [0.3, 0.4) is 0 Å². The number of carbonyl (C=O) groups is 1. The highest BCUT2D eigenvalue weighted by Gasteiger charge is 2.27. The minimum absolute atomic E-state index is 0.0629. The van der Waals surface area contributed by atoms with E-state index in [0.717, 1.165) is 12.1 Å². The largest absolute Gasteiger partial charge is 0.328 e. The van der Waals surface area contributed by atoms with Gasteiger partial charge < -0.3 is 4.90 Å². The van der Waals surface area contributed by atoms with Gasteiger partial charge in [0.1, 0.15) is 5.56 Å². The normalized spacial score (nSPS) is 18.1. The lowest BCUT2D eigenvalue weighted by molar-refractivity contribution is 0.0745. The first-order chi connectivity index (χ1) is 9.61. The fraction of sp³-hybridized carbons (Fsp3) is 0.357. The van der Waals surface area contributed by atoms with Gasteiger partial charge in [-0.15, -0.1) is 0 Å². The summed E-state index contributed by atoms with van der Waals surface area (Å²) in [6.07, 6.45) is 6.16. The van der Waals surface area contributed by atoms with Crippen LogP contribution in [0.4, 0.5) is 0 Å². The van der Waals surface area contributed by atoms with Crippen LogP contribution in [-0.2, 0) is 0 Å². The maximum Gasteiger partial charge on any atom is 0.285 e. The van der Waals surface area contributed by atoms with Crippen LogP contribution in [0.25, 0.3) is 5.65 Å². The third kappa shape index (κ3) is 1.84. The third-order valence-electron chi connectivity index (χ3n) is 3.59. The number of aromatic nitrogens is 3. The Balaban J connectivity index is 2.04. The average Bonchev–Trinajstić information content (AvgIpc) is 3.04. The summed E-state index contributed by atoms with van der Waals surface area (Å²) < 4.78 is 1.31. The number of nitrogens with one attached hydrogen (secondary N) is 1. The standard InChI is InChI=1S/C14H16N4O2/c1-3-10-5-4-6-17(10)13(19)11-8-15-12-7-9(2)16-18(12)14(11)20/h4-5,7-8,10,16H,3,6H2,1-2H3/t10-/m1/s1. The average molecular weight is 272 g/mol. The molecule has 1 aliphatic rings. The molecule has 0 fully saturated rings. The highest BCUT2D eigenvalue weighted by atomic mass is 16.2. The van der Waals surface area contributed by atoms with Gasteiger partial charge >= 0.3 is 0 Å². The molecule has 0 bridgehead atoms. The lowest BCUT2D eigenvalue weighted by Gasteiger charge is -2.23. The molecule has 3 rings (SSSR count). The Morgan fingerprint density at radius 1 is 1.55 bits per heavy atom. The van der Waals surface area contributed by atoms with Gasteiger partial charge in [-0.05, 0) is 13.3 Å². The van der Waals surface area contributed by atoms with E-state index in [4.69, 9.17) is 0 Å². The summed E-state index contributed by atoms with van der Waals surface area (Å²) in [4.78, 5) is 30.7. The molecule has 104 valence electrons. The molecule has 6 heteroatoms. The molecule has 2 aromatic heterocycles. The van der Waals surface area contributed by atoms with E-state index in [0.29, 0.717) is 12.2 Å². The van der Waals surface area contributed by atoms with Crippen LogP contribution >= 0.6 is 0 Å². The lowest BCUT2D eigenvalue weighted by Crippen LogP contribution is -2.39. The van der Waals surface area contributed by atoms with E-state index < -0.39 is 0 Å². The molecule has 0 aliphatic carbocycles. The molecule has 1 atom stereocenters. The van der Waals surface area contributed by atoms with Crippen molar-refractivity contribution in [3.63, 3.8) is 0 Å². The van der Waals surface area contributed by atoms with Crippen LogP contribution in [0, 0.1) is 6.92 Å². The zero-order chi connectivity index (χ0) is 14.3. The van der Waals surface area contributed by atoms with Crippen molar-refractivity contribution in [2.24, 2.45) is 0 Å². The first-order valence-electron chi connectivity index (χ1n) is 6.67. The Bertz CT molecular complexity index is 756. The number of amides is 1. The second kappa shape index (κ2) is 4.63. The summed E-state index contributed by atoms with van der Waals surface area (Å²) in [5.41, 5.74) is 1.10. The van der Waals surface area contributed by atoms with Gasteiger partial charge in [0.25, 0.3) is 11.5 Å². The van der Waals surface area contributed by atoms with Crippen LogP contribution < -0.4 is 5.56 Å². The molecule has 0 unspecified atom stereocenters. The van der Waals surface area contributed by atoms with Gasteiger partial charge in [0, 0.05) is 24.5 Å². The van der Waals surface area contributed by atoms with E-state index in [2.05, 4.69) is 10.1 Å². The van der Waals surface area contributed by atoms with E-state index in [1.807, 2.05) is 26.0 Å². The van der Waals surface area contributed by atoms with Crippen LogP contribution in [0.5, 0.6) is 0 Å². The van der Waals surface area contributed by atoms with Crippen LogP contribution in [-0.4, -0.2) is 38.0 Å². The highest BCUT2D eigenvalue weighted by molar-refractivity contribution is 5.94. The topological polar surface area (TPSA) is 70.5 Å². The second-order valence-electron chi connectivity index (χ2n) is 4.97. The van der Waals surface area contributed by atoms with Gasteiger partial charge in [0.15, 0.2) is 5.65 Å². The van der Waals surface area contributed by atoms with E-state index in [-0.39, 0.29) is 23.1 Å². The molecule has 0 saturated heterocycles. The zero-order valence-electron chi connectivity index (χ0n) is 11.5.